The molecule has 0 saturated carbocycles. The first-order valence-corrected chi connectivity index (χ1v) is 9.96. The first kappa shape index (κ1) is 22.8. The number of amides is 1. The Balaban J connectivity index is 1.46. The number of aryl methyl sites for hydroxylation is 1. The molecule has 0 saturated heterocycles. The zero-order valence-corrected chi connectivity index (χ0v) is 17.9. The number of rotatable bonds is 9. The summed E-state index contributed by atoms with van der Waals surface area (Å²) >= 11 is 6.25. The second kappa shape index (κ2) is 10.9. The van der Waals surface area contributed by atoms with E-state index in [-0.39, 0.29) is 24.8 Å². The van der Waals surface area contributed by atoms with E-state index in [0.717, 1.165) is 11.1 Å². The van der Waals surface area contributed by atoms with Gasteiger partial charge in [0.25, 0.3) is 11.6 Å². The fraction of sp³-hybridized carbons (Fsp3) is 0.130. The van der Waals surface area contributed by atoms with Gasteiger partial charge in [-0.25, -0.2) is 0 Å². The van der Waals surface area contributed by atoms with Crippen LogP contribution >= 0.6 is 11.6 Å². The highest BCUT2D eigenvalue weighted by atomic mass is 35.5. The first-order valence-electron chi connectivity index (χ1n) is 9.58. The Morgan fingerprint density at radius 3 is 2.50 bits per heavy atom. The van der Waals surface area contributed by atoms with Crippen LogP contribution in [0.3, 0.4) is 0 Å². The van der Waals surface area contributed by atoms with Crippen molar-refractivity contribution in [2.45, 2.75) is 13.5 Å². The lowest BCUT2D eigenvalue weighted by Crippen LogP contribution is -2.16. The second-order valence-electron chi connectivity index (χ2n) is 6.82. The molecular weight excluding hydrogens is 434 g/mol. The van der Waals surface area contributed by atoms with Gasteiger partial charge in [0.15, 0.2) is 6.61 Å². The topological polar surface area (TPSA) is 103 Å². The fourth-order valence-electron chi connectivity index (χ4n) is 2.62. The Kier molecular flexibility index (Phi) is 7.77. The monoisotopic (exact) mass is 453 g/mol. The minimum absolute atomic E-state index is 0.0188. The normalized spacial score (nSPS) is 10.7. The van der Waals surface area contributed by atoms with Crippen LogP contribution in [-0.4, -0.2) is 23.7 Å². The summed E-state index contributed by atoms with van der Waals surface area (Å²) in [7, 11) is 0. The van der Waals surface area contributed by atoms with Crippen LogP contribution in [0.15, 0.2) is 71.9 Å². The zero-order chi connectivity index (χ0) is 22.9. The molecule has 3 aromatic carbocycles. The molecule has 8 nitrogen and oxygen atoms in total. The largest absolute Gasteiger partial charge is 0.487 e. The van der Waals surface area contributed by atoms with E-state index in [2.05, 4.69) is 10.5 Å². The summed E-state index contributed by atoms with van der Waals surface area (Å²) in [5.41, 5.74) is 3.24. The summed E-state index contributed by atoms with van der Waals surface area (Å²) < 4.78 is 5.67. The lowest BCUT2D eigenvalue weighted by Gasteiger charge is -2.08. The van der Waals surface area contributed by atoms with E-state index in [1.807, 2.05) is 31.2 Å². The molecule has 0 radical (unpaired) electrons. The molecule has 0 aliphatic heterocycles. The van der Waals surface area contributed by atoms with E-state index in [1.54, 1.807) is 30.3 Å². The highest BCUT2D eigenvalue weighted by molar-refractivity contribution is 6.32. The molecule has 164 valence electrons. The van der Waals surface area contributed by atoms with Crippen molar-refractivity contribution in [3.05, 3.63) is 98.6 Å². The number of nitro benzene ring substituents is 1. The van der Waals surface area contributed by atoms with Crippen molar-refractivity contribution in [1.29, 1.82) is 0 Å². The van der Waals surface area contributed by atoms with Crippen molar-refractivity contribution in [3.8, 4) is 5.75 Å². The van der Waals surface area contributed by atoms with Gasteiger partial charge in [-0.2, -0.15) is 0 Å². The molecule has 3 aromatic rings. The van der Waals surface area contributed by atoms with Gasteiger partial charge in [-0.3, -0.25) is 14.9 Å². The molecule has 32 heavy (non-hydrogen) atoms. The number of non-ortho nitro benzene ring substituents is 1. The minimum atomic E-state index is -0.456. The molecule has 0 atom stereocenters. The van der Waals surface area contributed by atoms with Crippen LogP contribution in [-0.2, 0) is 16.2 Å². The van der Waals surface area contributed by atoms with E-state index in [0.29, 0.717) is 22.0 Å². The molecule has 0 fully saturated rings. The number of carbonyl (C=O) groups is 1. The van der Waals surface area contributed by atoms with Gasteiger partial charge in [-0.15, -0.1) is 0 Å². The van der Waals surface area contributed by atoms with Gasteiger partial charge in [0.2, 0.25) is 0 Å². The lowest BCUT2D eigenvalue weighted by molar-refractivity contribution is -0.384. The molecule has 0 heterocycles. The average Bonchev–Trinajstić information content (AvgIpc) is 2.78. The first-order chi connectivity index (χ1) is 15.4. The number of hydrogen-bond acceptors (Lipinski definition) is 6. The molecule has 0 spiro atoms. The number of benzene rings is 3. The third kappa shape index (κ3) is 6.82. The molecular formula is C23H20ClN3O5. The van der Waals surface area contributed by atoms with Crippen LogP contribution in [0, 0.1) is 17.0 Å². The lowest BCUT2D eigenvalue weighted by atomic mass is 10.2. The van der Waals surface area contributed by atoms with Crippen molar-refractivity contribution in [1.82, 2.24) is 0 Å². The number of ether oxygens (including phenoxy) is 1. The van der Waals surface area contributed by atoms with Crippen molar-refractivity contribution in [2.75, 3.05) is 11.9 Å². The summed E-state index contributed by atoms with van der Waals surface area (Å²) in [6, 6.07) is 18.6. The van der Waals surface area contributed by atoms with Gasteiger partial charge < -0.3 is 14.9 Å². The number of nitro groups is 1. The van der Waals surface area contributed by atoms with Gasteiger partial charge >= 0.3 is 0 Å². The van der Waals surface area contributed by atoms with Gasteiger partial charge in [0.1, 0.15) is 12.4 Å². The molecule has 3 rings (SSSR count). The van der Waals surface area contributed by atoms with Crippen LogP contribution in [0.1, 0.15) is 16.7 Å². The number of carbonyl (C=O) groups excluding carboxylic acids is 1. The summed E-state index contributed by atoms with van der Waals surface area (Å²) in [6.07, 6.45) is 1.44. The standard InChI is InChI=1S/C23H20ClN3O5/c1-16-2-7-19(8-3-16)26-23(28)15-32-25-13-18-6-11-22(21(24)12-18)31-14-17-4-9-20(10-5-17)27(29)30/h2-13H,14-15H2,1H3,(H,26,28)/b25-13+. The van der Waals surface area contributed by atoms with E-state index < -0.39 is 4.92 Å². The van der Waals surface area contributed by atoms with E-state index in [4.69, 9.17) is 21.2 Å². The predicted octanol–water partition coefficient (Wildman–Crippen LogP) is 5.12. The van der Waals surface area contributed by atoms with Crippen molar-refractivity contribution in [3.63, 3.8) is 0 Å². The number of nitrogens with one attached hydrogen (secondary N) is 1. The van der Waals surface area contributed by atoms with Crippen molar-refractivity contribution < 1.29 is 19.3 Å². The van der Waals surface area contributed by atoms with Crippen LogP contribution in [0.5, 0.6) is 5.75 Å². The Morgan fingerprint density at radius 1 is 1.12 bits per heavy atom. The third-order valence-electron chi connectivity index (χ3n) is 4.30. The van der Waals surface area contributed by atoms with Crippen LogP contribution in [0.4, 0.5) is 11.4 Å². The summed E-state index contributed by atoms with van der Waals surface area (Å²) in [6.45, 7) is 1.95. The zero-order valence-electron chi connectivity index (χ0n) is 17.2. The van der Waals surface area contributed by atoms with Gasteiger partial charge in [0, 0.05) is 17.8 Å². The number of nitrogens with zero attached hydrogens (tertiary/aromatic N) is 2. The Labute approximate surface area is 189 Å². The van der Waals surface area contributed by atoms with Crippen molar-refractivity contribution >= 4 is 35.1 Å². The number of oxime groups is 1. The molecule has 0 bridgehead atoms. The summed E-state index contributed by atoms with van der Waals surface area (Å²) in [5, 5.41) is 17.6. The fourth-order valence-corrected chi connectivity index (χ4v) is 2.86. The second-order valence-corrected chi connectivity index (χ2v) is 7.23. The van der Waals surface area contributed by atoms with Gasteiger partial charge in [-0.1, -0.05) is 34.5 Å². The molecule has 0 aliphatic carbocycles. The van der Waals surface area contributed by atoms with Gasteiger partial charge in [-0.05, 0) is 60.5 Å². The average molecular weight is 454 g/mol. The Bertz CT molecular complexity index is 1120. The van der Waals surface area contributed by atoms with Crippen LogP contribution < -0.4 is 10.1 Å². The molecule has 1 N–H and O–H groups in total. The quantitative estimate of drug-likeness (QED) is 0.275. The highest BCUT2D eigenvalue weighted by Gasteiger charge is 2.07. The number of anilines is 1. The predicted molar refractivity (Wildman–Crippen MR) is 122 cm³/mol. The van der Waals surface area contributed by atoms with Crippen LogP contribution in [0.2, 0.25) is 5.02 Å². The summed E-state index contributed by atoms with van der Waals surface area (Å²) in [4.78, 5) is 27.1. The molecule has 0 aliphatic rings. The van der Waals surface area contributed by atoms with E-state index >= 15 is 0 Å². The number of hydrogen-bond donors (Lipinski definition) is 1. The Morgan fingerprint density at radius 2 is 1.84 bits per heavy atom. The minimum Gasteiger partial charge on any atom is -0.487 e. The molecule has 1 amide bonds. The van der Waals surface area contributed by atoms with E-state index in [9.17, 15) is 14.9 Å². The highest BCUT2D eigenvalue weighted by Crippen LogP contribution is 2.26. The summed E-state index contributed by atoms with van der Waals surface area (Å²) in [5.74, 6) is 0.139. The SMILES string of the molecule is Cc1ccc(NC(=O)CO/N=C/c2ccc(OCc3ccc([N+](=O)[O-])cc3)c(Cl)c2)cc1. The molecule has 0 unspecified atom stereocenters. The maximum absolute atomic E-state index is 11.9. The van der Waals surface area contributed by atoms with Gasteiger partial charge in [0.05, 0.1) is 16.2 Å². The molecule has 0 aromatic heterocycles. The smallest absolute Gasteiger partial charge is 0.269 e. The number of halogens is 1. The van der Waals surface area contributed by atoms with Crippen molar-refractivity contribution in [2.24, 2.45) is 5.16 Å². The maximum atomic E-state index is 11.9. The van der Waals surface area contributed by atoms with E-state index in [1.165, 1.54) is 18.3 Å². The van der Waals surface area contributed by atoms with Crippen LogP contribution in [0.25, 0.3) is 0 Å². The molecule has 9 heteroatoms. The Hall–Kier alpha value is -3.91. The third-order valence-corrected chi connectivity index (χ3v) is 4.60. The maximum Gasteiger partial charge on any atom is 0.269 e.